The zero-order valence-corrected chi connectivity index (χ0v) is 8.36. The summed E-state index contributed by atoms with van der Waals surface area (Å²) in [6.45, 7) is 0.792. The van der Waals surface area contributed by atoms with E-state index in [2.05, 4.69) is 0 Å². The minimum Gasteiger partial charge on any atom is -0.321 e. The number of halogens is 3. The standard InChI is InChI=1S/C11H12F3N/c1-10(13,14)7-2-3-9(12)8(6-7)11(15)4-5-11/h2-3,6H,4-5,15H2,1H3. The maximum atomic E-state index is 13.4. The van der Waals surface area contributed by atoms with Gasteiger partial charge in [-0.1, -0.05) is 6.07 Å². The van der Waals surface area contributed by atoms with Crippen LogP contribution in [0.3, 0.4) is 0 Å². The largest absolute Gasteiger partial charge is 0.321 e. The van der Waals surface area contributed by atoms with Crippen molar-refractivity contribution in [1.29, 1.82) is 0 Å². The Morgan fingerprint density at radius 2 is 1.93 bits per heavy atom. The number of alkyl halides is 2. The lowest BCUT2D eigenvalue weighted by molar-refractivity contribution is 0.0173. The highest BCUT2D eigenvalue weighted by atomic mass is 19.3. The van der Waals surface area contributed by atoms with Gasteiger partial charge in [-0.2, -0.15) is 0 Å². The van der Waals surface area contributed by atoms with E-state index in [1.807, 2.05) is 0 Å². The van der Waals surface area contributed by atoms with Gasteiger partial charge < -0.3 is 5.73 Å². The fourth-order valence-corrected chi connectivity index (χ4v) is 1.58. The fraction of sp³-hybridized carbons (Fsp3) is 0.455. The quantitative estimate of drug-likeness (QED) is 0.806. The zero-order chi connectivity index (χ0) is 11.3. The first-order valence-corrected chi connectivity index (χ1v) is 4.80. The molecule has 0 aromatic heterocycles. The second-order valence-corrected chi connectivity index (χ2v) is 4.24. The van der Waals surface area contributed by atoms with Gasteiger partial charge in [-0.3, -0.25) is 0 Å². The van der Waals surface area contributed by atoms with Crippen molar-refractivity contribution in [2.75, 3.05) is 0 Å². The van der Waals surface area contributed by atoms with Crippen molar-refractivity contribution >= 4 is 0 Å². The average Bonchev–Trinajstić information content (AvgIpc) is 2.83. The van der Waals surface area contributed by atoms with Crippen LogP contribution in [-0.4, -0.2) is 0 Å². The predicted octanol–water partition coefficient (Wildman–Crippen LogP) is 2.89. The lowest BCUT2D eigenvalue weighted by Gasteiger charge is -2.15. The second-order valence-electron chi connectivity index (χ2n) is 4.24. The molecule has 4 heteroatoms. The van der Waals surface area contributed by atoms with Gasteiger partial charge in [-0.05, 0) is 25.0 Å². The van der Waals surface area contributed by atoms with Gasteiger partial charge >= 0.3 is 0 Å². The third kappa shape index (κ3) is 1.86. The lowest BCUT2D eigenvalue weighted by Crippen LogP contribution is -2.21. The minimum absolute atomic E-state index is 0.185. The zero-order valence-electron chi connectivity index (χ0n) is 8.36. The van der Waals surface area contributed by atoms with Gasteiger partial charge in [0.2, 0.25) is 0 Å². The summed E-state index contributed by atoms with van der Waals surface area (Å²) in [6, 6.07) is 3.35. The Morgan fingerprint density at radius 1 is 1.33 bits per heavy atom. The lowest BCUT2D eigenvalue weighted by atomic mass is 9.99. The summed E-state index contributed by atoms with van der Waals surface area (Å²) < 4.78 is 39.4. The molecule has 0 saturated heterocycles. The molecule has 1 nitrogen and oxygen atoms in total. The van der Waals surface area contributed by atoms with E-state index in [1.165, 1.54) is 6.07 Å². The van der Waals surface area contributed by atoms with Gasteiger partial charge in [-0.15, -0.1) is 0 Å². The van der Waals surface area contributed by atoms with Crippen LogP contribution in [0, 0.1) is 5.82 Å². The van der Waals surface area contributed by atoms with Crippen molar-refractivity contribution in [2.24, 2.45) is 5.73 Å². The van der Waals surface area contributed by atoms with Gasteiger partial charge in [0.1, 0.15) is 5.82 Å². The molecule has 1 aromatic rings. The topological polar surface area (TPSA) is 26.0 Å². The average molecular weight is 215 g/mol. The molecule has 0 aliphatic heterocycles. The molecule has 1 aliphatic carbocycles. The van der Waals surface area contributed by atoms with Crippen LogP contribution in [-0.2, 0) is 11.5 Å². The monoisotopic (exact) mass is 215 g/mol. The first-order valence-electron chi connectivity index (χ1n) is 4.80. The number of hydrogen-bond acceptors (Lipinski definition) is 1. The number of nitrogens with two attached hydrogens (primary N) is 1. The van der Waals surface area contributed by atoms with Crippen molar-refractivity contribution in [3.8, 4) is 0 Å². The summed E-state index contributed by atoms with van der Waals surface area (Å²) in [5, 5.41) is 0. The second kappa shape index (κ2) is 2.98. The Bertz CT molecular complexity index is 391. The molecule has 0 heterocycles. The van der Waals surface area contributed by atoms with Gasteiger partial charge in [0.25, 0.3) is 5.92 Å². The van der Waals surface area contributed by atoms with E-state index in [0.29, 0.717) is 12.8 Å². The summed E-state index contributed by atoms with van der Waals surface area (Å²) in [5.41, 5.74) is 5.10. The van der Waals surface area contributed by atoms with Crippen LogP contribution in [0.2, 0.25) is 0 Å². The molecule has 2 rings (SSSR count). The molecule has 82 valence electrons. The Morgan fingerprint density at radius 3 is 2.40 bits per heavy atom. The maximum Gasteiger partial charge on any atom is 0.270 e. The molecule has 1 aliphatic rings. The molecule has 0 unspecified atom stereocenters. The molecule has 1 aromatic carbocycles. The third-order valence-electron chi connectivity index (χ3n) is 2.80. The molecule has 0 bridgehead atoms. The van der Waals surface area contributed by atoms with E-state index in [-0.39, 0.29) is 11.1 Å². The molecular formula is C11H12F3N. The molecular weight excluding hydrogens is 203 g/mol. The Balaban J connectivity index is 2.47. The maximum absolute atomic E-state index is 13.4. The first-order chi connectivity index (χ1) is 6.83. The molecule has 0 spiro atoms. The highest BCUT2D eigenvalue weighted by Gasteiger charge is 2.42. The molecule has 0 atom stereocenters. The molecule has 1 fully saturated rings. The minimum atomic E-state index is -2.95. The van der Waals surface area contributed by atoms with E-state index in [9.17, 15) is 13.2 Å². The third-order valence-corrected chi connectivity index (χ3v) is 2.80. The van der Waals surface area contributed by atoms with E-state index in [4.69, 9.17) is 5.73 Å². The van der Waals surface area contributed by atoms with E-state index >= 15 is 0 Å². The van der Waals surface area contributed by atoms with Crippen LogP contribution in [0.4, 0.5) is 13.2 Å². The van der Waals surface area contributed by atoms with E-state index in [0.717, 1.165) is 19.1 Å². The molecule has 0 radical (unpaired) electrons. The Labute approximate surface area is 86.1 Å². The van der Waals surface area contributed by atoms with Gasteiger partial charge in [0, 0.05) is 23.6 Å². The molecule has 0 amide bonds. The van der Waals surface area contributed by atoms with Gasteiger partial charge in [0.05, 0.1) is 0 Å². The van der Waals surface area contributed by atoms with Crippen LogP contribution in [0.15, 0.2) is 18.2 Å². The summed E-state index contributed by atoms with van der Waals surface area (Å²) in [7, 11) is 0. The summed E-state index contributed by atoms with van der Waals surface area (Å²) in [5.74, 6) is -3.45. The first kappa shape index (κ1) is 10.5. The van der Waals surface area contributed by atoms with Crippen molar-refractivity contribution in [2.45, 2.75) is 31.2 Å². The van der Waals surface area contributed by atoms with Crippen LogP contribution in [0.1, 0.15) is 30.9 Å². The summed E-state index contributed by atoms with van der Waals surface area (Å²) >= 11 is 0. The van der Waals surface area contributed by atoms with E-state index in [1.54, 1.807) is 0 Å². The van der Waals surface area contributed by atoms with Crippen molar-refractivity contribution < 1.29 is 13.2 Å². The summed E-state index contributed by atoms with van der Waals surface area (Å²) in [6.07, 6.45) is 1.31. The van der Waals surface area contributed by atoms with Crippen LogP contribution in [0.5, 0.6) is 0 Å². The molecule has 2 N–H and O–H groups in total. The van der Waals surface area contributed by atoms with Gasteiger partial charge in [-0.25, -0.2) is 13.2 Å². The Kier molecular flexibility index (Phi) is 2.08. The number of benzene rings is 1. The highest BCUT2D eigenvalue weighted by Crippen LogP contribution is 2.44. The van der Waals surface area contributed by atoms with Crippen LogP contribution < -0.4 is 5.73 Å². The SMILES string of the molecule is CC(F)(F)c1ccc(F)c(C2(N)CC2)c1. The van der Waals surface area contributed by atoms with E-state index < -0.39 is 17.3 Å². The summed E-state index contributed by atoms with van der Waals surface area (Å²) in [4.78, 5) is 0. The molecule has 15 heavy (non-hydrogen) atoms. The smallest absolute Gasteiger partial charge is 0.270 e. The predicted molar refractivity (Wildman–Crippen MR) is 51.1 cm³/mol. The van der Waals surface area contributed by atoms with Crippen molar-refractivity contribution in [3.05, 3.63) is 35.1 Å². The number of rotatable bonds is 2. The highest BCUT2D eigenvalue weighted by molar-refractivity contribution is 5.36. The normalized spacial score (nSPS) is 19.0. The van der Waals surface area contributed by atoms with Crippen LogP contribution in [0.25, 0.3) is 0 Å². The number of hydrogen-bond donors (Lipinski definition) is 1. The Hall–Kier alpha value is -1.03. The molecule has 1 saturated carbocycles. The van der Waals surface area contributed by atoms with Crippen LogP contribution >= 0.6 is 0 Å². The van der Waals surface area contributed by atoms with Crippen molar-refractivity contribution in [3.63, 3.8) is 0 Å². The fourth-order valence-electron chi connectivity index (χ4n) is 1.58. The van der Waals surface area contributed by atoms with Crippen molar-refractivity contribution in [1.82, 2.24) is 0 Å². The van der Waals surface area contributed by atoms with Gasteiger partial charge in [0.15, 0.2) is 0 Å².